The van der Waals surface area contributed by atoms with Crippen LogP contribution in [0.15, 0.2) is 47.5 Å². The van der Waals surface area contributed by atoms with Crippen LogP contribution < -0.4 is 10.2 Å². The largest absolute Gasteiger partial charge is 0.355 e. The topological polar surface area (TPSA) is 95.5 Å². The second-order valence-corrected chi connectivity index (χ2v) is 8.52. The molecule has 3 amide bonds. The third kappa shape index (κ3) is 3.27. The summed E-state index contributed by atoms with van der Waals surface area (Å²) < 4.78 is 0. The van der Waals surface area contributed by atoms with Gasteiger partial charge < -0.3 is 9.80 Å². The molecule has 0 unspecified atom stereocenters. The normalized spacial score (nSPS) is 21.2. The molecule has 3 fully saturated rings. The van der Waals surface area contributed by atoms with Crippen molar-refractivity contribution >= 4 is 40.7 Å². The van der Waals surface area contributed by atoms with Crippen LogP contribution in [-0.4, -0.2) is 58.1 Å². The predicted molar refractivity (Wildman–Crippen MR) is 108 cm³/mol. The van der Waals surface area contributed by atoms with Crippen molar-refractivity contribution in [2.45, 2.75) is 0 Å². The second-order valence-electron chi connectivity index (χ2n) is 7.51. The number of nitrogens with one attached hydrogen (secondary N) is 1. The van der Waals surface area contributed by atoms with Crippen LogP contribution in [0, 0.1) is 5.41 Å². The molecule has 1 aromatic heterocycles. The third-order valence-electron chi connectivity index (χ3n) is 5.30. The number of likely N-dealkylation sites (tertiary alicyclic amines) is 1. The molecule has 0 bridgehead atoms. The van der Waals surface area contributed by atoms with E-state index < -0.39 is 5.91 Å². The van der Waals surface area contributed by atoms with E-state index in [1.165, 1.54) is 6.08 Å². The van der Waals surface area contributed by atoms with Gasteiger partial charge in [0.25, 0.3) is 17.1 Å². The fourth-order valence-corrected chi connectivity index (χ4v) is 4.60. The van der Waals surface area contributed by atoms with E-state index >= 15 is 0 Å². The van der Waals surface area contributed by atoms with Gasteiger partial charge in [0, 0.05) is 49.4 Å². The summed E-state index contributed by atoms with van der Waals surface area (Å²) in [6.45, 7) is 3.15. The van der Waals surface area contributed by atoms with Gasteiger partial charge >= 0.3 is 0 Å². The number of carbonyl (C=O) groups excluding carboxylic acids is 3. The molecule has 4 heterocycles. The van der Waals surface area contributed by atoms with Gasteiger partial charge in [0.05, 0.1) is 4.91 Å². The lowest BCUT2D eigenvalue weighted by Crippen LogP contribution is -2.73. The Hall–Kier alpha value is -3.20. The molecule has 8 nitrogen and oxygen atoms in total. The number of benzene rings is 1. The summed E-state index contributed by atoms with van der Waals surface area (Å²) in [6.07, 6.45) is 3.17. The van der Waals surface area contributed by atoms with E-state index in [0.29, 0.717) is 10.7 Å². The minimum atomic E-state index is -0.422. The lowest BCUT2D eigenvalue weighted by atomic mass is 9.72. The van der Waals surface area contributed by atoms with Crippen LogP contribution in [-0.2, 0) is 4.79 Å². The molecule has 3 aliphatic heterocycles. The molecular weight excluding hydrogens is 390 g/mol. The summed E-state index contributed by atoms with van der Waals surface area (Å²) in [4.78, 5) is 48.4. The van der Waals surface area contributed by atoms with E-state index in [4.69, 9.17) is 0 Å². The maximum Gasteiger partial charge on any atom is 0.290 e. The van der Waals surface area contributed by atoms with E-state index in [2.05, 4.69) is 20.2 Å². The number of thioether (sulfide) groups is 1. The lowest BCUT2D eigenvalue weighted by Gasteiger charge is -2.60. The number of aromatic nitrogens is 2. The van der Waals surface area contributed by atoms with Crippen LogP contribution in [0.25, 0.3) is 6.08 Å². The van der Waals surface area contributed by atoms with Gasteiger partial charge in [0.15, 0.2) is 5.82 Å². The van der Waals surface area contributed by atoms with Gasteiger partial charge in [-0.2, -0.15) is 0 Å². The van der Waals surface area contributed by atoms with Gasteiger partial charge in [-0.25, -0.2) is 9.97 Å². The molecule has 0 saturated carbocycles. The zero-order valence-electron chi connectivity index (χ0n) is 15.4. The Balaban J connectivity index is 1.21. The van der Waals surface area contributed by atoms with Gasteiger partial charge in [-0.1, -0.05) is 18.2 Å². The van der Waals surface area contributed by atoms with Crippen molar-refractivity contribution in [2.24, 2.45) is 5.41 Å². The fraction of sp³-hybridized carbons (Fsp3) is 0.250. The monoisotopic (exact) mass is 407 g/mol. The highest BCUT2D eigenvalue weighted by atomic mass is 32.2. The molecule has 9 heteroatoms. The van der Waals surface area contributed by atoms with Crippen molar-refractivity contribution in [2.75, 3.05) is 31.1 Å². The number of carbonyl (C=O) groups is 3. The Kier molecular flexibility index (Phi) is 4.13. The molecule has 5 rings (SSSR count). The van der Waals surface area contributed by atoms with Gasteiger partial charge in [-0.05, 0) is 30.0 Å². The predicted octanol–water partition coefficient (Wildman–Crippen LogP) is 1.76. The first-order valence-corrected chi connectivity index (χ1v) is 10.0. The van der Waals surface area contributed by atoms with Crippen molar-refractivity contribution in [3.8, 4) is 0 Å². The molecule has 29 heavy (non-hydrogen) atoms. The highest BCUT2D eigenvalue weighted by Crippen LogP contribution is 2.41. The minimum absolute atomic E-state index is 0.0764. The van der Waals surface area contributed by atoms with Gasteiger partial charge in [0.1, 0.15) is 5.82 Å². The van der Waals surface area contributed by atoms with Crippen LogP contribution in [0.3, 0.4) is 0 Å². The molecule has 1 aromatic carbocycles. The van der Waals surface area contributed by atoms with Gasteiger partial charge in [0.2, 0.25) is 0 Å². The van der Waals surface area contributed by atoms with E-state index in [1.54, 1.807) is 6.20 Å². The Morgan fingerprint density at radius 3 is 2.55 bits per heavy atom. The summed E-state index contributed by atoms with van der Waals surface area (Å²) >= 11 is 0.847. The van der Waals surface area contributed by atoms with Crippen LogP contribution >= 0.6 is 11.8 Å². The molecule has 0 aliphatic carbocycles. The molecule has 1 N–H and O–H groups in total. The molecule has 146 valence electrons. The molecule has 0 radical (unpaired) electrons. The lowest BCUT2D eigenvalue weighted by molar-refractivity contribution is -0.115. The number of anilines is 1. The van der Waals surface area contributed by atoms with Gasteiger partial charge in [-0.15, -0.1) is 0 Å². The average Bonchev–Trinajstić information content (AvgIpc) is 2.97. The smallest absolute Gasteiger partial charge is 0.290 e. The highest BCUT2D eigenvalue weighted by molar-refractivity contribution is 8.18. The van der Waals surface area contributed by atoms with E-state index in [9.17, 15) is 14.4 Å². The number of nitrogens with zero attached hydrogens (tertiary/aromatic N) is 4. The molecule has 3 saturated heterocycles. The first-order valence-electron chi connectivity index (χ1n) is 9.19. The number of hydrogen-bond acceptors (Lipinski definition) is 7. The number of imide groups is 1. The molecule has 2 aromatic rings. The summed E-state index contributed by atoms with van der Waals surface area (Å²) in [6, 6.07) is 11.2. The quantitative estimate of drug-likeness (QED) is 0.775. The SMILES string of the molecule is O=C1NC(=O)C(=Cc2nccc(N3CC4(CN(C(=O)c5ccccc5)C4)C3)n2)S1. The Morgan fingerprint density at radius 1 is 1.10 bits per heavy atom. The van der Waals surface area contributed by atoms with Crippen molar-refractivity contribution in [1.29, 1.82) is 0 Å². The summed E-state index contributed by atoms with van der Waals surface area (Å²) in [5.74, 6) is 0.826. The Bertz CT molecular complexity index is 1040. The zero-order chi connectivity index (χ0) is 20.0. The molecular formula is C20H17N5O3S. The van der Waals surface area contributed by atoms with Crippen LogP contribution in [0.2, 0.25) is 0 Å². The molecule has 3 aliphatic rings. The maximum atomic E-state index is 12.5. The van der Waals surface area contributed by atoms with E-state index in [0.717, 1.165) is 49.3 Å². The summed E-state index contributed by atoms with van der Waals surface area (Å²) in [7, 11) is 0. The van der Waals surface area contributed by atoms with Crippen molar-refractivity contribution < 1.29 is 14.4 Å². The average molecular weight is 407 g/mol. The Labute approximate surface area is 171 Å². The standard InChI is InChI=1S/C20H17N5O3S/c26-17-14(29-19(28)23-17)8-15-21-7-6-16(22-15)24-9-20(10-24)11-25(12-20)18(27)13-4-2-1-3-5-13/h1-8H,9-12H2,(H,23,26,28). The van der Waals surface area contributed by atoms with E-state index in [1.807, 2.05) is 41.3 Å². The minimum Gasteiger partial charge on any atom is -0.355 e. The number of amides is 3. The zero-order valence-corrected chi connectivity index (χ0v) is 16.2. The van der Waals surface area contributed by atoms with Crippen molar-refractivity contribution in [1.82, 2.24) is 20.2 Å². The maximum absolute atomic E-state index is 12.5. The van der Waals surface area contributed by atoms with Crippen molar-refractivity contribution in [3.63, 3.8) is 0 Å². The summed E-state index contributed by atoms with van der Waals surface area (Å²) in [5.41, 5.74) is 0.848. The second kappa shape index (κ2) is 6.70. The van der Waals surface area contributed by atoms with Gasteiger partial charge in [-0.3, -0.25) is 19.7 Å². The van der Waals surface area contributed by atoms with Crippen molar-refractivity contribution in [3.05, 3.63) is 58.9 Å². The molecule has 1 spiro atoms. The summed E-state index contributed by atoms with van der Waals surface area (Å²) in [5, 5.41) is 1.83. The number of rotatable bonds is 3. The van der Waals surface area contributed by atoms with Crippen LogP contribution in [0.4, 0.5) is 10.6 Å². The number of hydrogen-bond donors (Lipinski definition) is 1. The van der Waals surface area contributed by atoms with Crippen LogP contribution in [0.5, 0.6) is 0 Å². The Morgan fingerprint density at radius 2 is 1.86 bits per heavy atom. The van der Waals surface area contributed by atoms with E-state index in [-0.39, 0.29) is 16.6 Å². The first-order chi connectivity index (χ1) is 14.0. The fourth-order valence-electron chi connectivity index (χ4n) is 3.94. The molecule has 0 atom stereocenters. The first kappa shape index (κ1) is 17.9. The highest BCUT2D eigenvalue weighted by Gasteiger charge is 2.53. The third-order valence-corrected chi connectivity index (χ3v) is 6.11. The van der Waals surface area contributed by atoms with Crippen LogP contribution in [0.1, 0.15) is 16.2 Å².